The van der Waals surface area contributed by atoms with E-state index in [0.717, 1.165) is 21.9 Å². The van der Waals surface area contributed by atoms with Gasteiger partial charge in [-0.25, -0.2) is 15.0 Å². The van der Waals surface area contributed by atoms with E-state index in [1.54, 1.807) is 0 Å². The van der Waals surface area contributed by atoms with Gasteiger partial charge in [0.15, 0.2) is 17.5 Å². The van der Waals surface area contributed by atoms with E-state index in [9.17, 15) is 5.48 Å². The summed E-state index contributed by atoms with van der Waals surface area (Å²) in [5.41, 5.74) is 1.40. The molecule has 0 radical (unpaired) electrons. The molecule has 3 heterocycles. The fraction of sp³-hybridized carbons (Fsp3) is 0. The van der Waals surface area contributed by atoms with Crippen molar-refractivity contribution in [3.8, 4) is 56.4 Å². The number of aromatic nitrogens is 3. The minimum absolute atomic E-state index is 0.000839. The molecule has 252 valence electrons. The van der Waals surface area contributed by atoms with Gasteiger partial charge in [-0.1, -0.05) is 145 Å². The third-order valence-corrected chi connectivity index (χ3v) is 9.43. The summed E-state index contributed by atoms with van der Waals surface area (Å²) in [4.78, 5) is 14.8. The van der Waals surface area contributed by atoms with Crippen molar-refractivity contribution in [2.45, 2.75) is 0 Å². The lowest BCUT2D eigenvalue weighted by Crippen LogP contribution is -2.00. The second-order valence-corrected chi connectivity index (χ2v) is 12.6. The standard InChI is InChI=1S/C49H29N3O2/c1-2-10-30(11-3-1)32-20-23-33(24-21-32)47-50-48(36-25-22-31-12-4-5-13-34(31)28-36)52-49(51-47)41-17-9-19-43-45(41)40-16-8-15-37(46(40)54-43)35-26-27-39-38-14-6-7-18-42(38)53-44(39)29-35/h1-29H/i6D,7D,8D,14D,15D,16D,17D,18D,19D,26D,27D,29D. The van der Waals surface area contributed by atoms with Crippen molar-refractivity contribution in [3.63, 3.8) is 0 Å². The monoisotopic (exact) mass is 703 g/mol. The SMILES string of the molecule is [2H]c1cc([2H])c2oc3c(-c4c([2H])c([2H])c5c(oc6c([2H])c([2H])c([2H])c([2H])c65)c4[2H])c([2H])c([2H])c([2H])c3c2c1-c1nc(-c2ccc(-c3ccccc3)cc2)nc(-c2ccc3ccccc3c2)n1. The van der Waals surface area contributed by atoms with Crippen molar-refractivity contribution in [2.75, 3.05) is 0 Å². The molecule has 5 heteroatoms. The topological polar surface area (TPSA) is 65.0 Å². The fourth-order valence-electron chi connectivity index (χ4n) is 6.82. The van der Waals surface area contributed by atoms with Crippen LogP contribution in [0.15, 0.2) is 184 Å². The van der Waals surface area contributed by atoms with Crippen LogP contribution in [0.5, 0.6) is 0 Å². The van der Waals surface area contributed by atoms with E-state index in [2.05, 4.69) is 0 Å². The van der Waals surface area contributed by atoms with Crippen LogP contribution in [0.3, 0.4) is 0 Å². The smallest absolute Gasteiger partial charge is 0.164 e. The molecule has 0 aliphatic heterocycles. The first kappa shape index (κ1) is 20.6. The summed E-state index contributed by atoms with van der Waals surface area (Å²) in [6.07, 6.45) is 0. The van der Waals surface area contributed by atoms with Gasteiger partial charge in [0.2, 0.25) is 0 Å². The van der Waals surface area contributed by atoms with E-state index in [1.165, 1.54) is 6.07 Å². The van der Waals surface area contributed by atoms with E-state index in [4.69, 9.17) is 34.8 Å². The predicted molar refractivity (Wildman–Crippen MR) is 219 cm³/mol. The summed E-state index contributed by atoms with van der Waals surface area (Å²) in [7, 11) is 0. The normalized spacial score (nSPS) is 14.8. The lowest BCUT2D eigenvalue weighted by atomic mass is 9.99. The number of benzene rings is 8. The zero-order valence-electron chi connectivity index (χ0n) is 40.0. The Morgan fingerprint density at radius 2 is 1.11 bits per heavy atom. The summed E-state index contributed by atoms with van der Waals surface area (Å²) in [6.45, 7) is 0. The molecule has 5 nitrogen and oxygen atoms in total. The van der Waals surface area contributed by atoms with Crippen LogP contribution in [0.2, 0.25) is 0 Å². The Morgan fingerprint density at radius 1 is 0.407 bits per heavy atom. The van der Waals surface area contributed by atoms with Gasteiger partial charge in [0, 0.05) is 43.8 Å². The molecule has 0 atom stereocenters. The average Bonchev–Trinajstić information content (AvgIpc) is 3.94. The van der Waals surface area contributed by atoms with Gasteiger partial charge in [-0.2, -0.15) is 0 Å². The molecular formula is C49H29N3O2. The first-order chi connectivity index (χ1) is 31.7. The number of hydrogen-bond donors (Lipinski definition) is 0. The Balaban J connectivity index is 1.20. The first-order valence-electron chi connectivity index (χ1n) is 23.0. The molecular weight excluding hydrogens is 663 g/mol. The molecule has 11 rings (SSSR count). The van der Waals surface area contributed by atoms with Gasteiger partial charge < -0.3 is 8.83 Å². The van der Waals surface area contributed by atoms with Crippen molar-refractivity contribution in [2.24, 2.45) is 0 Å². The quantitative estimate of drug-likeness (QED) is 0.178. The molecule has 8 aromatic carbocycles. The second kappa shape index (κ2) is 12.1. The van der Waals surface area contributed by atoms with Gasteiger partial charge >= 0.3 is 0 Å². The summed E-state index contributed by atoms with van der Waals surface area (Å²) in [5.74, 6) is 0.488. The van der Waals surface area contributed by atoms with Crippen LogP contribution in [-0.2, 0) is 0 Å². The Bertz CT molecular complexity index is 3910. The third kappa shape index (κ3) is 4.98. The largest absolute Gasteiger partial charge is 0.456 e. The number of hydrogen-bond acceptors (Lipinski definition) is 5. The van der Waals surface area contributed by atoms with Crippen molar-refractivity contribution in [1.82, 2.24) is 15.0 Å². The van der Waals surface area contributed by atoms with Crippen LogP contribution in [0, 0.1) is 0 Å². The summed E-state index contributed by atoms with van der Waals surface area (Å²) < 4.78 is 119. The van der Waals surface area contributed by atoms with Crippen molar-refractivity contribution >= 4 is 54.6 Å². The molecule has 0 N–H and O–H groups in total. The van der Waals surface area contributed by atoms with Crippen LogP contribution in [-0.4, -0.2) is 15.0 Å². The molecule has 54 heavy (non-hydrogen) atoms. The Morgan fingerprint density at radius 3 is 2.00 bits per heavy atom. The maximum atomic E-state index is 9.36. The number of rotatable bonds is 5. The molecule has 11 aromatic rings. The molecule has 3 aromatic heterocycles. The minimum atomic E-state index is -0.644. The highest BCUT2D eigenvalue weighted by atomic mass is 16.3. The first-order valence-corrected chi connectivity index (χ1v) is 17.0. The van der Waals surface area contributed by atoms with Gasteiger partial charge in [0.05, 0.1) is 16.4 Å². The number of fused-ring (bicyclic) bond motifs is 7. The Hall–Kier alpha value is -7.37. The molecule has 0 bridgehead atoms. The maximum absolute atomic E-state index is 9.36. The van der Waals surface area contributed by atoms with Crippen molar-refractivity contribution < 1.29 is 25.3 Å². The third-order valence-electron chi connectivity index (χ3n) is 9.43. The van der Waals surface area contributed by atoms with Crippen molar-refractivity contribution in [1.29, 1.82) is 0 Å². The van der Waals surface area contributed by atoms with Gasteiger partial charge in [-0.3, -0.25) is 0 Å². The zero-order chi connectivity index (χ0) is 46.0. The summed E-state index contributed by atoms with van der Waals surface area (Å²) in [5, 5.41) is 1.40. The summed E-state index contributed by atoms with van der Waals surface area (Å²) >= 11 is 0. The molecule has 0 unspecified atom stereocenters. The second-order valence-electron chi connectivity index (χ2n) is 12.6. The Kier molecular flexibility index (Phi) is 4.62. The number of nitrogens with zero attached hydrogens (tertiary/aromatic N) is 3. The van der Waals surface area contributed by atoms with E-state index in [-0.39, 0.29) is 84.6 Å². The highest BCUT2D eigenvalue weighted by Gasteiger charge is 2.20. The highest BCUT2D eigenvalue weighted by Crippen LogP contribution is 2.41. The predicted octanol–water partition coefficient (Wildman–Crippen LogP) is 13.2. The van der Waals surface area contributed by atoms with Crippen molar-refractivity contribution in [3.05, 3.63) is 176 Å². The van der Waals surface area contributed by atoms with Crippen LogP contribution in [0.4, 0.5) is 0 Å². The van der Waals surface area contributed by atoms with Gasteiger partial charge in [-0.15, -0.1) is 0 Å². The molecule has 0 aliphatic carbocycles. The van der Waals surface area contributed by atoms with E-state index >= 15 is 0 Å². The van der Waals surface area contributed by atoms with E-state index in [0.29, 0.717) is 11.1 Å². The Labute approximate surface area is 326 Å². The molecule has 0 saturated carbocycles. The molecule has 0 saturated heterocycles. The average molecular weight is 704 g/mol. The number of furan rings is 2. The fourth-order valence-corrected chi connectivity index (χ4v) is 6.82. The van der Waals surface area contributed by atoms with E-state index in [1.807, 2.05) is 97.1 Å². The summed E-state index contributed by atoms with van der Waals surface area (Å²) in [6, 6.07) is 26.0. The molecule has 0 amide bonds. The molecule has 0 fully saturated rings. The van der Waals surface area contributed by atoms with Crippen LogP contribution >= 0.6 is 0 Å². The minimum Gasteiger partial charge on any atom is -0.456 e. The van der Waals surface area contributed by atoms with Crippen LogP contribution in [0.25, 0.3) is 111 Å². The van der Waals surface area contributed by atoms with Gasteiger partial charge in [0.1, 0.15) is 22.3 Å². The van der Waals surface area contributed by atoms with Crippen LogP contribution < -0.4 is 0 Å². The molecule has 0 spiro atoms. The maximum Gasteiger partial charge on any atom is 0.164 e. The molecule has 0 aliphatic rings. The lowest BCUT2D eigenvalue weighted by molar-refractivity contribution is 0.668. The van der Waals surface area contributed by atoms with E-state index < -0.39 is 66.0 Å². The van der Waals surface area contributed by atoms with Crippen LogP contribution in [0.1, 0.15) is 16.4 Å². The van der Waals surface area contributed by atoms with Gasteiger partial charge in [-0.05, 0) is 57.7 Å². The highest BCUT2D eigenvalue weighted by molar-refractivity contribution is 6.15. The number of para-hydroxylation sites is 2. The van der Waals surface area contributed by atoms with Gasteiger partial charge in [0.25, 0.3) is 0 Å². The zero-order valence-corrected chi connectivity index (χ0v) is 28.0. The lowest BCUT2D eigenvalue weighted by Gasteiger charge is -2.10.